The van der Waals surface area contributed by atoms with Crippen molar-refractivity contribution in [2.75, 3.05) is 13.7 Å². The van der Waals surface area contributed by atoms with Crippen LogP contribution in [0.3, 0.4) is 0 Å². The maximum Gasteiger partial charge on any atom is 0.0623 e. The molecule has 1 aliphatic carbocycles. The molecule has 0 aromatic rings. The molecule has 17 heavy (non-hydrogen) atoms. The fourth-order valence-corrected chi connectivity index (χ4v) is 2.26. The van der Waals surface area contributed by atoms with E-state index in [1.807, 2.05) is 7.11 Å². The van der Waals surface area contributed by atoms with Crippen molar-refractivity contribution in [1.29, 1.82) is 0 Å². The van der Waals surface area contributed by atoms with Crippen molar-refractivity contribution in [2.24, 2.45) is 5.41 Å². The molecule has 0 saturated heterocycles. The number of hydrogen-bond acceptors (Lipinski definition) is 2. The van der Waals surface area contributed by atoms with Crippen LogP contribution >= 0.6 is 0 Å². The Morgan fingerprint density at radius 2 is 1.71 bits per heavy atom. The van der Waals surface area contributed by atoms with Crippen LogP contribution in [0.5, 0.6) is 0 Å². The van der Waals surface area contributed by atoms with Crippen LogP contribution in [-0.2, 0) is 4.74 Å². The average molecular weight is 241 g/mol. The average Bonchev–Trinajstić information content (AvgIpc) is 3.14. The van der Waals surface area contributed by atoms with Gasteiger partial charge in [-0.05, 0) is 57.8 Å². The predicted molar refractivity (Wildman–Crippen MR) is 74.4 cm³/mol. The van der Waals surface area contributed by atoms with Gasteiger partial charge in [-0.25, -0.2) is 0 Å². The summed E-state index contributed by atoms with van der Waals surface area (Å²) in [5.74, 6) is 0. The van der Waals surface area contributed by atoms with Crippen molar-refractivity contribution >= 4 is 0 Å². The standard InChI is InChI=1S/C15H31NO/c1-6-15(7-2,12-16-13-8-9-13)11-10-14(3,4)17-5/h13,16H,6-12H2,1-5H3. The predicted octanol–water partition coefficient (Wildman–Crippen LogP) is 3.75. The van der Waals surface area contributed by atoms with E-state index in [0.29, 0.717) is 5.41 Å². The third-order valence-electron chi connectivity index (χ3n) is 4.65. The molecule has 102 valence electrons. The van der Waals surface area contributed by atoms with Crippen LogP contribution in [0, 0.1) is 5.41 Å². The molecule has 1 rings (SSSR count). The molecule has 0 bridgehead atoms. The van der Waals surface area contributed by atoms with Crippen LogP contribution in [0.25, 0.3) is 0 Å². The van der Waals surface area contributed by atoms with Gasteiger partial charge in [-0.15, -0.1) is 0 Å². The van der Waals surface area contributed by atoms with E-state index in [1.165, 1.54) is 38.6 Å². The number of nitrogens with one attached hydrogen (secondary N) is 1. The molecule has 2 nitrogen and oxygen atoms in total. The molecule has 2 heteroatoms. The molecule has 0 aliphatic heterocycles. The van der Waals surface area contributed by atoms with E-state index in [0.717, 1.165) is 12.5 Å². The minimum absolute atomic E-state index is 0.0230. The van der Waals surface area contributed by atoms with E-state index in [9.17, 15) is 0 Å². The van der Waals surface area contributed by atoms with Crippen LogP contribution in [0.4, 0.5) is 0 Å². The zero-order valence-corrected chi connectivity index (χ0v) is 12.4. The van der Waals surface area contributed by atoms with Crippen molar-refractivity contribution in [2.45, 2.75) is 77.9 Å². The number of rotatable bonds is 9. The summed E-state index contributed by atoms with van der Waals surface area (Å²) in [6, 6.07) is 0.822. The Morgan fingerprint density at radius 1 is 1.12 bits per heavy atom. The molecule has 1 saturated carbocycles. The summed E-state index contributed by atoms with van der Waals surface area (Å²) in [7, 11) is 1.82. The highest BCUT2D eigenvalue weighted by Crippen LogP contribution is 2.35. The fourth-order valence-electron chi connectivity index (χ4n) is 2.26. The molecule has 0 unspecified atom stereocenters. The topological polar surface area (TPSA) is 21.3 Å². The molecule has 0 spiro atoms. The van der Waals surface area contributed by atoms with E-state index < -0.39 is 0 Å². The summed E-state index contributed by atoms with van der Waals surface area (Å²) in [5, 5.41) is 3.71. The zero-order chi connectivity index (χ0) is 12.9. The molecule has 0 aromatic carbocycles. The summed E-state index contributed by atoms with van der Waals surface area (Å²) in [5.41, 5.74) is 0.494. The van der Waals surface area contributed by atoms with E-state index >= 15 is 0 Å². The Labute approximate surface area is 108 Å². The van der Waals surface area contributed by atoms with Crippen LogP contribution in [0.15, 0.2) is 0 Å². The van der Waals surface area contributed by atoms with E-state index in [-0.39, 0.29) is 5.60 Å². The van der Waals surface area contributed by atoms with Gasteiger partial charge in [-0.2, -0.15) is 0 Å². The summed E-state index contributed by atoms with van der Waals surface area (Å²) in [6.07, 6.45) is 7.71. The first-order valence-electron chi connectivity index (χ1n) is 7.25. The van der Waals surface area contributed by atoms with Gasteiger partial charge in [-0.1, -0.05) is 13.8 Å². The van der Waals surface area contributed by atoms with Gasteiger partial charge in [0.1, 0.15) is 0 Å². The molecule has 0 radical (unpaired) electrons. The Hall–Kier alpha value is -0.0800. The highest BCUT2D eigenvalue weighted by atomic mass is 16.5. The zero-order valence-electron chi connectivity index (χ0n) is 12.4. The van der Waals surface area contributed by atoms with Crippen LogP contribution in [0.2, 0.25) is 0 Å². The maximum atomic E-state index is 5.54. The van der Waals surface area contributed by atoms with E-state index in [4.69, 9.17) is 4.74 Å². The quantitative estimate of drug-likeness (QED) is 0.664. The van der Waals surface area contributed by atoms with Gasteiger partial charge >= 0.3 is 0 Å². The molecular formula is C15H31NO. The molecule has 1 fully saturated rings. The van der Waals surface area contributed by atoms with Gasteiger partial charge in [0.15, 0.2) is 0 Å². The van der Waals surface area contributed by atoms with Gasteiger partial charge in [0.2, 0.25) is 0 Å². The third-order valence-corrected chi connectivity index (χ3v) is 4.65. The van der Waals surface area contributed by atoms with Gasteiger partial charge in [-0.3, -0.25) is 0 Å². The lowest BCUT2D eigenvalue weighted by atomic mass is 9.76. The SMILES string of the molecule is CCC(CC)(CCC(C)(C)OC)CNC1CC1. The molecule has 0 atom stereocenters. The number of ether oxygens (including phenoxy) is 1. The summed E-state index contributed by atoms with van der Waals surface area (Å²) < 4.78 is 5.54. The first-order chi connectivity index (χ1) is 7.97. The van der Waals surface area contributed by atoms with Crippen molar-refractivity contribution in [3.63, 3.8) is 0 Å². The third kappa shape index (κ3) is 4.97. The van der Waals surface area contributed by atoms with Gasteiger partial charge in [0.05, 0.1) is 5.60 Å². The van der Waals surface area contributed by atoms with Gasteiger partial charge in [0.25, 0.3) is 0 Å². The van der Waals surface area contributed by atoms with Crippen LogP contribution in [0.1, 0.15) is 66.2 Å². The van der Waals surface area contributed by atoms with Crippen molar-refractivity contribution in [3.8, 4) is 0 Å². The summed E-state index contributed by atoms with van der Waals surface area (Å²) >= 11 is 0. The first kappa shape index (κ1) is 15.0. The Balaban J connectivity index is 2.44. The molecule has 0 aromatic heterocycles. The minimum Gasteiger partial charge on any atom is -0.379 e. The fraction of sp³-hybridized carbons (Fsp3) is 1.00. The van der Waals surface area contributed by atoms with Crippen molar-refractivity contribution in [1.82, 2.24) is 5.32 Å². The lowest BCUT2D eigenvalue weighted by Gasteiger charge is -2.35. The lowest BCUT2D eigenvalue weighted by molar-refractivity contribution is 0.00231. The van der Waals surface area contributed by atoms with Gasteiger partial charge in [0, 0.05) is 19.7 Å². The monoisotopic (exact) mass is 241 g/mol. The Bertz CT molecular complexity index is 217. The smallest absolute Gasteiger partial charge is 0.0623 e. The van der Waals surface area contributed by atoms with E-state index in [1.54, 1.807) is 0 Å². The van der Waals surface area contributed by atoms with Gasteiger partial charge < -0.3 is 10.1 Å². The van der Waals surface area contributed by atoms with E-state index in [2.05, 4.69) is 33.0 Å². The second-order valence-electron chi connectivity index (χ2n) is 6.33. The molecule has 0 amide bonds. The highest BCUT2D eigenvalue weighted by Gasteiger charge is 2.31. The summed E-state index contributed by atoms with van der Waals surface area (Å²) in [6.45, 7) is 10.2. The largest absolute Gasteiger partial charge is 0.379 e. The minimum atomic E-state index is 0.0230. The normalized spacial score (nSPS) is 17.5. The first-order valence-corrected chi connectivity index (χ1v) is 7.25. The summed E-state index contributed by atoms with van der Waals surface area (Å²) in [4.78, 5) is 0. The molecule has 1 N–H and O–H groups in total. The maximum absolute atomic E-state index is 5.54. The van der Waals surface area contributed by atoms with Crippen molar-refractivity contribution < 1.29 is 4.74 Å². The molecule has 0 heterocycles. The number of methoxy groups -OCH3 is 1. The second kappa shape index (κ2) is 6.19. The molecular weight excluding hydrogens is 210 g/mol. The lowest BCUT2D eigenvalue weighted by Crippen LogP contribution is -2.36. The Morgan fingerprint density at radius 3 is 2.12 bits per heavy atom. The second-order valence-corrected chi connectivity index (χ2v) is 6.33. The van der Waals surface area contributed by atoms with Crippen molar-refractivity contribution in [3.05, 3.63) is 0 Å². The van der Waals surface area contributed by atoms with Crippen LogP contribution in [-0.4, -0.2) is 25.3 Å². The highest BCUT2D eigenvalue weighted by molar-refractivity contribution is 4.88. The van der Waals surface area contributed by atoms with Crippen LogP contribution < -0.4 is 5.32 Å². The Kier molecular flexibility index (Phi) is 5.46. The number of hydrogen-bond donors (Lipinski definition) is 1. The molecule has 1 aliphatic rings.